The maximum atomic E-state index is 12.6. The number of hydrogen-bond donors (Lipinski definition) is 0. The summed E-state index contributed by atoms with van der Waals surface area (Å²) >= 11 is 0. The van der Waals surface area contributed by atoms with Crippen LogP contribution in [0, 0.1) is 0 Å². The molecule has 2 aromatic carbocycles. The van der Waals surface area contributed by atoms with Crippen molar-refractivity contribution in [2.75, 3.05) is 7.11 Å². The van der Waals surface area contributed by atoms with Crippen LogP contribution in [0.4, 0.5) is 0 Å². The first kappa shape index (κ1) is 18.2. The topological polar surface area (TPSA) is 46.6 Å². The summed E-state index contributed by atoms with van der Waals surface area (Å²) in [5, 5.41) is 0. The monoisotopic (exact) mass is 351 g/mol. The standard InChI is InChI=1S/C22H25NO3/c1-26-22(25)20-15-16-21(24)23(20)19(18-12-6-3-7-13-18)14-8-11-17-9-4-2-5-10-17/h2-7,9-10,12-13,19-20H,8,11,14-16H2,1H3. The van der Waals surface area contributed by atoms with Crippen LogP contribution >= 0.6 is 0 Å². The molecule has 2 atom stereocenters. The second-order valence-corrected chi connectivity index (χ2v) is 6.68. The van der Waals surface area contributed by atoms with E-state index < -0.39 is 6.04 Å². The molecule has 26 heavy (non-hydrogen) atoms. The predicted molar refractivity (Wildman–Crippen MR) is 100 cm³/mol. The van der Waals surface area contributed by atoms with E-state index in [0.717, 1.165) is 24.8 Å². The molecule has 2 aromatic rings. The van der Waals surface area contributed by atoms with Crippen molar-refractivity contribution in [3.63, 3.8) is 0 Å². The molecule has 1 aliphatic rings. The Balaban J connectivity index is 1.79. The Morgan fingerprint density at radius 1 is 1.12 bits per heavy atom. The lowest BCUT2D eigenvalue weighted by Gasteiger charge is -2.32. The number of aryl methyl sites for hydroxylation is 1. The van der Waals surface area contributed by atoms with Crippen LogP contribution in [0.5, 0.6) is 0 Å². The number of methoxy groups -OCH3 is 1. The lowest BCUT2D eigenvalue weighted by atomic mass is 9.97. The Kier molecular flexibility index (Phi) is 6.05. The first-order valence-corrected chi connectivity index (χ1v) is 9.18. The molecule has 0 spiro atoms. The number of amides is 1. The van der Waals surface area contributed by atoms with Gasteiger partial charge < -0.3 is 9.64 Å². The summed E-state index contributed by atoms with van der Waals surface area (Å²) in [5.41, 5.74) is 2.36. The molecule has 0 aliphatic carbocycles. The van der Waals surface area contributed by atoms with E-state index in [9.17, 15) is 9.59 Å². The number of rotatable bonds is 7. The van der Waals surface area contributed by atoms with Crippen molar-refractivity contribution in [2.24, 2.45) is 0 Å². The largest absolute Gasteiger partial charge is 0.467 e. The molecule has 136 valence electrons. The number of esters is 1. The minimum Gasteiger partial charge on any atom is -0.467 e. The second kappa shape index (κ2) is 8.65. The van der Waals surface area contributed by atoms with Gasteiger partial charge in [0.15, 0.2) is 0 Å². The average Bonchev–Trinajstić information content (AvgIpc) is 3.07. The number of hydrogen-bond acceptors (Lipinski definition) is 3. The number of nitrogens with zero attached hydrogens (tertiary/aromatic N) is 1. The fourth-order valence-corrected chi connectivity index (χ4v) is 3.75. The van der Waals surface area contributed by atoms with Crippen LogP contribution in [0.2, 0.25) is 0 Å². The van der Waals surface area contributed by atoms with E-state index in [4.69, 9.17) is 4.74 Å². The van der Waals surface area contributed by atoms with Crippen molar-refractivity contribution in [2.45, 2.75) is 44.2 Å². The van der Waals surface area contributed by atoms with Gasteiger partial charge in [0.05, 0.1) is 13.2 Å². The van der Waals surface area contributed by atoms with Crippen LogP contribution in [-0.2, 0) is 20.7 Å². The normalized spacial score (nSPS) is 18.0. The Morgan fingerprint density at radius 2 is 1.77 bits per heavy atom. The van der Waals surface area contributed by atoms with Gasteiger partial charge in [0.1, 0.15) is 6.04 Å². The van der Waals surface area contributed by atoms with Gasteiger partial charge >= 0.3 is 5.97 Å². The minimum absolute atomic E-state index is 0.0361. The van der Waals surface area contributed by atoms with Crippen LogP contribution in [0.25, 0.3) is 0 Å². The summed E-state index contributed by atoms with van der Waals surface area (Å²) in [4.78, 5) is 26.5. The molecule has 0 N–H and O–H groups in total. The average molecular weight is 351 g/mol. The summed E-state index contributed by atoms with van der Waals surface area (Å²) in [7, 11) is 1.39. The number of ether oxygens (including phenoxy) is 1. The molecule has 1 amide bonds. The number of likely N-dealkylation sites (tertiary alicyclic amines) is 1. The third-order valence-electron chi connectivity index (χ3n) is 5.03. The van der Waals surface area contributed by atoms with E-state index >= 15 is 0 Å². The molecule has 4 nitrogen and oxygen atoms in total. The first-order valence-electron chi connectivity index (χ1n) is 9.18. The molecule has 4 heteroatoms. The number of carbonyl (C=O) groups excluding carboxylic acids is 2. The molecule has 0 aromatic heterocycles. The Hall–Kier alpha value is -2.62. The van der Waals surface area contributed by atoms with Crippen LogP contribution < -0.4 is 0 Å². The van der Waals surface area contributed by atoms with E-state index in [-0.39, 0.29) is 17.9 Å². The third-order valence-corrected chi connectivity index (χ3v) is 5.03. The molecule has 2 unspecified atom stereocenters. The van der Waals surface area contributed by atoms with Crippen molar-refractivity contribution in [3.8, 4) is 0 Å². The van der Waals surface area contributed by atoms with E-state index in [1.165, 1.54) is 12.7 Å². The van der Waals surface area contributed by atoms with E-state index in [1.54, 1.807) is 4.90 Å². The molecule has 0 bridgehead atoms. The highest BCUT2D eigenvalue weighted by atomic mass is 16.5. The van der Waals surface area contributed by atoms with Crippen LogP contribution in [0.15, 0.2) is 60.7 Å². The summed E-state index contributed by atoms with van der Waals surface area (Å²) in [5.74, 6) is -0.284. The summed E-state index contributed by atoms with van der Waals surface area (Å²) in [6.45, 7) is 0. The number of benzene rings is 2. The quantitative estimate of drug-likeness (QED) is 0.711. The van der Waals surface area contributed by atoms with Gasteiger partial charge in [-0.05, 0) is 36.8 Å². The van der Waals surface area contributed by atoms with Gasteiger partial charge in [-0.1, -0.05) is 60.7 Å². The molecule has 0 saturated carbocycles. The molecular weight excluding hydrogens is 326 g/mol. The van der Waals surface area contributed by atoms with E-state index in [0.29, 0.717) is 12.8 Å². The zero-order chi connectivity index (χ0) is 18.4. The van der Waals surface area contributed by atoms with Crippen molar-refractivity contribution in [1.82, 2.24) is 4.90 Å². The summed E-state index contributed by atoms with van der Waals surface area (Å²) in [6, 6.07) is 19.8. The fraction of sp³-hybridized carbons (Fsp3) is 0.364. The second-order valence-electron chi connectivity index (χ2n) is 6.68. The fourth-order valence-electron chi connectivity index (χ4n) is 3.75. The maximum Gasteiger partial charge on any atom is 0.328 e. The van der Waals surface area contributed by atoms with Crippen LogP contribution in [0.1, 0.15) is 42.9 Å². The number of carbonyl (C=O) groups is 2. The van der Waals surface area contributed by atoms with E-state index in [1.807, 2.05) is 48.5 Å². The van der Waals surface area contributed by atoms with Gasteiger partial charge in [-0.15, -0.1) is 0 Å². The molecule has 1 aliphatic heterocycles. The van der Waals surface area contributed by atoms with Gasteiger partial charge in [0, 0.05) is 6.42 Å². The molecule has 0 radical (unpaired) electrons. The van der Waals surface area contributed by atoms with Crippen LogP contribution in [0.3, 0.4) is 0 Å². The lowest BCUT2D eigenvalue weighted by Crippen LogP contribution is -2.41. The highest BCUT2D eigenvalue weighted by Crippen LogP contribution is 2.34. The third kappa shape index (κ3) is 4.13. The van der Waals surface area contributed by atoms with E-state index in [2.05, 4.69) is 12.1 Å². The SMILES string of the molecule is COC(=O)C1CCC(=O)N1C(CCCc1ccccc1)c1ccccc1. The lowest BCUT2D eigenvalue weighted by molar-refractivity contribution is -0.151. The Labute approximate surface area is 154 Å². The molecule has 1 saturated heterocycles. The van der Waals surface area contributed by atoms with Gasteiger partial charge in [0.2, 0.25) is 5.91 Å². The zero-order valence-corrected chi connectivity index (χ0v) is 15.1. The summed E-state index contributed by atoms with van der Waals surface area (Å²) in [6.07, 6.45) is 3.66. The highest BCUT2D eigenvalue weighted by molar-refractivity contribution is 5.88. The first-order chi connectivity index (χ1) is 12.7. The molecule has 1 fully saturated rings. The molecular formula is C22H25NO3. The van der Waals surface area contributed by atoms with Crippen molar-refractivity contribution >= 4 is 11.9 Å². The highest BCUT2D eigenvalue weighted by Gasteiger charge is 2.41. The summed E-state index contributed by atoms with van der Waals surface area (Å²) < 4.78 is 4.94. The Bertz CT molecular complexity index is 730. The Morgan fingerprint density at radius 3 is 2.42 bits per heavy atom. The minimum atomic E-state index is -0.477. The van der Waals surface area contributed by atoms with Gasteiger partial charge in [0.25, 0.3) is 0 Å². The van der Waals surface area contributed by atoms with Crippen LogP contribution in [-0.4, -0.2) is 29.9 Å². The van der Waals surface area contributed by atoms with Gasteiger partial charge in [-0.3, -0.25) is 4.79 Å². The molecule has 3 rings (SSSR count). The maximum absolute atomic E-state index is 12.6. The predicted octanol–water partition coefficient (Wildman–Crippen LogP) is 3.91. The van der Waals surface area contributed by atoms with Crippen molar-refractivity contribution in [3.05, 3.63) is 71.8 Å². The molecule has 1 heterocycles. The van der Waals surface area contributed by atoms with Gasteiger partial charge in [-0.2, -0.15) is 0 Å². The van der Waals surface area contributed by atoms with Crippen molar-refractivity contribution in [1.29, 1.82) is 0 Å². The van der Waals surface area contributed by atoms with Crippen molar-refractivity contribution < 1.29 is 14.3 Å². The smallest absolute Gasteiger partial charge is 0.328 e. The zero-order valence-electron chi connectivity index (χ0n) is 15.1. The van der Waals surface area contributed by atoms with Gasteiger partial charge in [-0.25, -0.2) is 4.79 Å².